The van der Waals surface area contributed by atoms with Gasteiger partial charge < -0.3 is 14.8 Å². The molecule has 1 aliphatic rings. The average molecular weight is 249 g/mol. The van der Waals surface area contributed by atoms with Gasteiger partial charge in [0.05, 0.1) is 14.2 Å². The van der Waals surface area contributed by atoms with Crippen LogP contribution in [0.3, 0.4) is 0 Å². The fourth-order valence-corrected chi connectivity index (χ4v) is 2.55. The van der Waals surface area contributed by atoms with Crippen LogP contribution in [0.4, 0.5) is 0 Å². The third-order valence-electron chi connectivity index (χ3n) is 3.64. The normalized spacial score (nSPS) is 19.6. The molecule has 1 heterocycles. The topological polar surface area (TPSA) is 30.5 Å². The van der Waals surface area contributed by atoms with E-state index in [4.69, 9.17) is 9.47 Å². The summed E-state index contributed by atoms with van der Waals surface area (Å²) in [6.07, 6.45) is 6.30. The highest BCUT2D eigenvalue weighted by atomic mass is 16.5. The molecule has 1 aromatic rings. The Morgan fingerprint density at radius 3 is 2.67 bits per heavy atom. The Bertz CT molecular complexity index is 373. The van der Waals surface area contributed by atoms with Crippen molar-refractivity contribution in [3.8, 4) is 11.5 Å². The second-order valence-electron chi connectivity index (χ2n) is 4.87. The first-order valence-electron chi connectivity index (χ1n) is 6.78. The highest BCUT2D eigenvalue weighted by Crippen LogP contribution is 2.28. The van der Waals surface area contributed by atoms with Crippen LogP contribution >= 0.6 is 0 Å². The predicted molar refractivity (Wildman–Crippen MR) is 73.5 cm³/mol. The van der Waals surface area contributed by atoms with Crippen molar-refractivity contribution >= 4 is 0 Å². The second kappa shape index (κ2) is 6.64. The molecule has 0 bridgehead atoms. The van der Waals surface area contributed by atoms with E-state index in [9.17, 15) is 0 Å². The molecule has 100 valence electrons. The van der Waals surface area contributed by atoms with Gasteiger partial charge in [0.15, 0.2) is 11.5 Å². The van der Waals surface area contributed by atoms with Gasteiger partial charge in [0.25, 0.3) is 0 Å². The van der Waals surface area contributed by atoms with Gasteiger partial charge >= 0.3 is 0 Å². The maximum atomic E-state index is 5.33. The van der Waals surface area contributed by atoms with Gasteiger partial charge in [-0.2, -0.15) is 0 Å². The van der Waals surface area contributed by atoms with E-state index in [1.807, 2.05) is 6.07 Å². The Kier molecular flexibility index (Phi) is 4.88. The van der Waals surface area contributed by atoms with Crippen molar-refractivity contribution in [2.45, 2.75) is 38.1 Å². The Labute approximate surface area is 109 Å². The summed E-state index contributed by atoms with van der Waals surface area (Å²) < 4.78 is 10.6. The zero-order valence-electron chi connectivity index (χ0n) is 11.4. The van der Waals surface area contributed by atoms with E-state index >= 15 is 0 Å². The molecule has 0 aromatic heterocycles. The minimum atomic E-state index is 0.687. The number of nitrogens with one attached hydrogen (secondary N) is 1. The van der Waals surface area contributed by atoms with Crippen molar-refractivity contribution in [1.29, 1.82) is 0 Å². The molecule has 3 heteroatoms. The van der Waals surface area contributed by atoms with E-state index in [0.717, 1.165) is 17.9 Å². The van der Waals surface area contributed by atoms with Crippen LogP contribution in [0.5, 0.6) is 11.5 Å². The number of ether oxygens (including phenoxy) is 2. The van der Waals surface area contributed by atoms with Gasteiger partial charge in [0.2, 0.25) is 0 Å². The number of piperidine rings is 1. The SMILES string of the molecule is COc1ccc(CC[C@@H]2CCCCN2)cc1OC. The lowest BCUT2D eigenvalue weighted by Gasteiger charge is -2.23. The lowest BCUT2D eigenvalue weighted by molar-refractivity contribution is 0.354. The van der Waals surface area contributed by atoms with E-state index in [0.29, 0.717) is 6.04 Å². The minimum absolute atomic E-state index is 0.687. The van der Waals surface area contributed by atoms with Gasteiger partial charge in [-0.1, -0.05) is 12.5 Å². The van der Waals surface area contributed by atoms with Crippen LogP contribution in [0.2, 0.25) is 0 Å². The number of benzene rings is 1. The maximum absolute atomic E-state index is 5.33. The minimum Gasteiger partial charge on any atom is -0.493 e. The molecule has 1 atom stereocenters. The first-order valence-corrected chi connectivity index (χ1v) is 6.78. The van der Waals surface area contributed by atoms with Crippen LogP contribution in [0, 0.1) is 0 Å². The fraction of sp³-hybridized carbons (Fsp3) is 0.600. The number of rotatable bonds is 5. The van der Waals surface area contributed by atoms with Gasteiger partial charge in [0.1, 0.15) is 0 Å². The monoisotopic (exact) mass is 249 g/mol. The summed E-state index contributed by atoms with van der Waals surface area (Å²) in [4.78, 5) is 0. The van der Waals surface area contributed by atoms with Crippen molar-refractivity contribution in [2.75, 3.05) is 20.8 Å². The van der Waals surface area contributed by atoms with E-state index in [-0.39, 0.29) is 0 Å². The first kappa shape index (κ1) is 13.2. The summed E-state index contributed by atoms with van der Waals surface area (Å²) >= 11 is 0. The van der Waals surface area contributed by atoms with Crippen LogP contribution in [0.1, 0.15) is 31.2 Å². The molecule has 1 saturated heterocycles. The van der Waals surface area contributed by atoms with Crippen molar-refractivity contribution < 1.29 is 9.47 Å². The number of aryl methyl sites for hydroxylation is 1. The molecule has 0 saturated carbocycles. The Morgan fingerprint density at radius 2 is 2.00 bits per heavy atom. The largest absolute Gasteiger partial charge is 0.493 e. The molecule has 3 nitrogen and oxygen atoms in total. The molecule has 18 heavy (non-hydrogen) atoms. The van der Waals surface area contributed by atoms with Gasteiger partial charge in [0, 0.05) is 6.04 Å². The second-order valence-corrected chi connectivity index (χ2v) is 4.87. The molecule has 1 aliphatic heterocycles. The third kappa shape index (κ3) is 3.39. The Balaban J connectivity index is 1.92. The summed E-state index contributed by atoms with van der Waals surface area (Å²) in [5, 5.41) is 3.58. The molecule has 0 spiro atoms. The smallest absolute Gasteiger partial charge is 0.160 e. The number of hydrogen-bond acceptors (Lipinski definition) is 3. The predicted octanol–water partition coefficient (Wildman–Crippen LogP) is 2.78. The lowest BCUT2D eigenvalue weighted by atomic mass is 9.98. The third-order valence-corrected chi connectivity index (χ3v) is 3.64. The summed E-state index contributed by atoms with van der Waals surface area (Å²) in [6, 6.07) is 6.89. The highest BCUT2D eigenvalue weighted by Gasteiger charge is 2.12. The van der Waals surface area contributed by atoms with Gasteiger partial charge in [-0.25, -0.2) is 0 Å². The maximum Gasteiger partial charge on any atom is 0.160 e. The summed E-state index contributed by atoms with van der Waals surface area (Å²) in [5.74, 6) is 1.63. The lowest BCUT2D eigenvalue weighted by Crippen LogP contribution is -2.34. The van der Waals surface area contributed by atoms with Crippen LogP contribution in [0.25, 0.3) is 0 Å². The molecular weight excluding hydrogens is 226 g/mol. The highest BCUT2D eigenvalue weighted by molar-refractivity contribution is 5.42. The first-order chi connectivity index (χ1) is 8.83. The van der Waals surface area contributed by atoms with Crippen LogP contribution in [0.15, 0.2) is 18.2 Å². The quantitative estimate of drug-likeness (QED) is 0.870. The number of hydrogen-bond donors (Lipinski definition) is 1. The Hall–Kier alpha value is -1.22. The molecule has 1 fully saturated rings. The van der Waals surface area contributed by atoms with E-state index < -0.39 is 0 Å². The van der Waals surface area contributed by atoms with Crippen molar-refractivity contribution in [2.24, 2.45) is 0 Å². The average Bonchev–Trinajstić information content (AvgIpc) is 2.45. The zero-order valence-corrected chi connectivity index (χ0v) is 11.4. The standard InChI is InChI=1S/C15H23NO2/c1-17-14-9-7-12(11-15(14)18-2)6-8-13-5-3-4-10-16-13/h7,9,11,13,16H,3-6,8,10H2,1-2H3/t13-/m0/s1. The molecule has 2 rings (SSSR count). The van der Waals surface area contributed by atoms with E-state index in [2.05, 4.69) is 17.4 Å². The summed E-state index contributed by atoms with van der Waals surface area (Å²) in [6.45, 7) is 1.18. The van der Waals surface area contributed by atoms with Crippen molar-refractivity contribution in [3.63, 3.8) is 0 Å². The molecule has 0 unspecified atom stereocenters. The fourth-order valence-electron chi connectivity index (χ4n) is 2.55. The van der Waals surface area contributed by atoms with Crippen LogP contribution < -0.4 is 14.8 Å². The Morgan fingerprint density at radius 1 is 1.17 bits per heavy atom. The van der Waals surface area contributed by atoms with Crippen molar-refractivity contribution in [1.82, 2.24) is 5.32 Å². The van der Waals surface area contributed by atoms with Crippen LogP contribution in [-0.4, -0.2) is 26.8 Å². The van der Waals surface area contributed by atoms with Gasteiger partial charge in [-0.15, -0.1) is 0 Å². The van der Waals surface area contributed by atoms with Gasteiger partial charge in [-0.3, -0.25) is 0 Å². The van der Waals surface area contributed by atoms with Crippen molar-refractivity contribution in [3.05, 3.63) is 23.8 Å². The molecule has 1 aromatic carbocycles. The number of methoxy groups -OCH3 is 2. The molecule has 1 N–H and O–H groups in total. The zero-order chi connectivity index (χ0) is 12.8. The molecule has 0 radical (unpaired) electrons. The molecule has 0 aliphatic carbocycles. The molecular formula is C15H23NO2. The molecule has 0 amide bonds. The van der Waals surface area contributed by atoms with E-state index in [1.165, 1.54) is 37.8 Å². The van der Waals surface area contributed by atoms with E-state index in [1.54, 1.807) is 14.2 Å². The summed E-state index contributed by atoms with van der Waals surface area (Å²) in [5.41, 5.74) is 1.32. The summed E-state index contributed by atoms with van der Waals surface area (Å²) in [7, 11) is 3.35. The van der Waals surface area contributed by atoms with Crippen LogP contribution in [-0.2, 0) is 6.42 Å². The van der Waals surface area contributed by atoms with Gasteiger partial charge in [-0.05, 0) is 49.9 Å².